The molecule has 1 aliphatic heterocycles. The number of oxazole rings is 1. The summed E-state index contributed by atoms with van der Waals surface area (Å²) in [6, 6.07) is 11.8. The first-order chi connectivity index (χ1) is 13.0. The van der Waals surface area contributed by atoms with Gasteiger partial charge in [-0.15, -0.1) is 0 Å². The van der Waals surface area contributed by atoms with E-state index >= 15 is 0 Å². The van der Waals surface area contributed by atoms with Crippen molar-refractivity contribution in [2.75, 3.05) is 20.1 Å². The summed E-state index contributed by atoms with van der Waals surface area (Å²) in [6.07, 6.45) is 0. The number of nitrogens with one attached hydrogen (secondary N) is 2. The van der Waals surface area contributed by atoms with Gasteiger partial charge < -0.3 is 9.32 Å². The number of benzene rings is 2. The number of aryl methyl sites for hydroxylation is 1. The molecule has 2 N–H and O–H groups in total. The molecule has 2 aromatic carbocycles. The molecule has 1 saturated heterocycles. The molecular formula is C20H21FN4O2. The Morgan fingerprint density at radius 3 is 2.85 bits per heavy atom. The Bertz CT molecular complexity index is 970. The van der Waals surface area contributed by atoms with Gasteiger partial charge in [-0.05, 0) is 35.9 Å². The van der Waals surface area contributed by atoms with E-state index in [2.05, 4.69) is 15.8 Å². The van der Waals surface area contributed by atoms with E-state index in [0.717, 1.165) is 17.6 Å². The summed E-state index contributed by atoms with van der Waals surface area (Å²) in [6.45, 7) is 3.07. The molecule has 3 aromatic rings. The molecule has 0 aliphatic carbocycles. The third kappa shape index (κ3) is 3.56. The molecule has 7 heteroatoms. The first kappa shape index (κ1) is 17.6. The summed E-state index contributed by atoms with van der Waals surface area (Å²) >= 11 is 0. The van der Waals surface area contributed by atoms with Crippen LogP contribution >= 0.6 is 0 Å². The monoisotopic (exact) mass is 368 g/mol. The summed E-state index contributed by atoms with van der Waals surface area (Å²) < 4.78 is 18.7. The molecule has 2 unspecified atom stereocenters. The van der Waals surface area contributed by atoms with Gasteiger partial charge in [-0.25, -0.2) is 14.8 Å². The molecule has 6 nitrogen and oxygen atoms in total. The van der Waals surface area contributed by atoms with Crippen LogP contribution < -0.4 is 10.9 Å². The molecule has 140 valence electrons. The average Bonchev–Trinajstić information content (AvgIpc) is 3.26. The first-order valence-corrected chi connectivity index (χ1v) is 8.88. The molecule has 2 atom stereocenters. The highest BCUT2D eigenvalue weighted by Crippen LogP contribution is 2.26. The molecule has 1 amide bonds. The van der Waals surface area contributed by atoms with Crippen LogP contribution in [-0.4, -0.2) is 35.9 Å². The molecule has 0 bridgehead atoms. The van der Waals surface area contributed by atoms with Crippen LogP contribution in [0, 0.1) is 18.7 Å². The van der Waals surface area contributed by atoms with Crippen LogP contribution in [0.2, 0.25) is 0 Å². The number of fused-ring (bicyclic) bond motifs is 1. The highest BCUT2D eigenvalue weighted by molar-refractivity contribution is 5.96. The maximum Gasteiger partial charge on any atom is 0.253 e. The molecule has 0 radical (unpaired) electrons. The number of aromatic nitrogens is 1. The SMILES string of the molecule is Cc1nc2ccc(C(=O)N(C)CC3CNNC3c3ccc(F)cc3)cc2o1. The normalized spacial score (nSPS) is 19.5. The van der Waals surface area contributed by atoms with Gasteiger partial charge in [0.1, 0.15) is 11.3 Å². The van der Waals surface area contributed by atoms with Gasteiger partial charge in [-0.1, -0.05) is 12.1 Å². The molecule has 0 spiro atoms. The van der Waals surface area contributed by atoms with Crippen molar-refractivity contribution in [3.05, 3.63) is 65.3 Å². The van der Waals surface area contributed by atoms with Crippen molar-refractivity contribution in [1.82, 2.24) is 20.7 Å². The van der Waals surface area contributed by atoms with Crippen LogP contribution in [0.3, 0.4) is 0 Å². The quantitative estimate of drug-likeness (QED) is 0.741. The minimum atomic E-state index is -0.258. The van der Waals surface area contributed by atoms with Crippen molar-refractivity contribution >= 4 is 17.0 Å². The number of hydrogen-bond acceptors (Lipinski definition) is 5. The predicted octanol–water partition coefficient (Wildman–Crippen LogP) is 2.81. The summed E-state index contributed by atoms with van der Waals surface area (Å²) in [4.78, 5) is 18.8. The van der Waals surface area contributed by atoms with Gasteiger partial charge in [0.05, 0.1) is 6.04 Å². The lowest BCUT2D eigenvalue weighted by molar-refractivity contribution is 0.0771. The number of nitrogens with zero attached hydrogens (tertiary/aromatic N) is 2. The van der Waals surface area contributed by atoms with E-state index in [9.17, 15) is 9.18 Å². The number of hydrazine groups is 1. The molecule has 1 fully saturated rings. The topological polar surface area (TPSA) is 70.4 Å². The molecule has 1 aromatic heterocycles. The fourth-order valence-corrected chi connectivity index (χ4v) is 3.56. The molecule has 0 saturated carbocycles. The Morgan fingerprint density at radius 1 is 1.30 bits per heavy atom. The Labute approximate surface area is 156 Å². The van der Waals surface area contributed by atoms with Crippen LogP contribution in [0.1, 0.15) is 27.9 Å². The van der Waals surface area contributed by atoms with E-state index in [1.807, 2.05) is 0 Å². The van der Waals surface area contributed by atoms with Crippen molar-refractivity contribution in [2.24, 2.45) is 5.92 Å². The fraction of sp³-hybridized carbons (Fsp3) is 0.300. The highest BCUT2D eigenvalue weighted by atomic mass is 19.1. The van der Waals surface area contributed by atoms with Gasteiger partial charge in [0.25, 0.3) is 5.91 Å². The molecular weight excluding hydrogens is 347 g/mol. The van der Waals surface area contributed by atoms with Crippen LogP contribution in [0.5, 0.6) is 0 Å². The van der Waals surface area contributed by atoms with E-state index in [1.54, 1.807) is 49.2 Å². The minimum Gasteiger partial charge on any atom is -0.441 e. The summed E-state index contributed by atoms with van der Waals surface area (Å²) in [5, 5.41) is 0. The van der Waals surface area contributed by atoms with E-state index in [-0.39, 0.29) is 23.7 Å². The zero-order valence-electron chi connectivity index (χ0n) is 15.2. The number of hydrogen-bond donors (Lipinski definition) is 2. The third-order valence-electron chi connectivity index (χ3n) is 4.92. The maximum atomic E-state index is 13.2. The Hall–Kier alpha value is -2.77. The van der Waals surface area contributed by atoms with Gasteiger partial charge in [0.2, 0.25) is 0 Å². The van der Waals surface area contributed by atoms with Crippen LogP contribution in [0.4, 0.5) is 4.39 Å². The minimum absolute atomic E-state index is 0.0141. The third-order valence-corrected chi connectivity index (χ3v) is 4.92. The van der Waals surface area contributed by atoms with Crippen LogP contribution in [-0.2, 0) is 0 Å². The second-order valence-corrected chi connectivity index (χ2v) is 6.92. The van der Waals surface area contributed by atoms with Gasteiger partial charge >= 0.3 is 0 Å². The van der Waals surface area contributed by atoms with E-state index in [0.29, 0.717) is 23.6 Å². The number of carbonyl (C=O) groups is 1. The second-order valence-electron chi connectivity index (χ2n) is 6.92. The molecule has 1 aliphatic rings. The molecule has 27 heavy (non-hydrogen) atoms. The fourth-order valence-electron chi connectivity index (χ4n) is 3.56. The van der Waals surface area contributed by atoms with Crippen LogP contribution in [0.15, 0.2) is 46.9 Å². The smallest absolute Gasteiger partial charge is 0.253 e. The number of carbonyl (C=O) groups excluding carboxylic acids is 1. The standard InChI is InChI=1S/C20H21FN4O2/c1-12-23-17-8-5-14(9-18(17)27-12)20(26)25(2)11-15-10-22-24-19(15)13-3-6-16(21)7-4-13/h3-9,15,19,22,24H,10-11H2,1-2H3. The Kier molecular flexibility index (Phi) is 4.63. The maximum absolute atomic E-state index is 13.2. The zero-order chi connectivity index (χ0) is 19.0. The highest BCUT2D eigenvalue weighted by Gasteiger charge is 2.30. The van der Waals surface area contributed by atoms with Gasteiger partial charge in [-0.3, -0.25) is 10.2 Å². The lowest BCUT2D eigenvalue weighted by atomic mass is 9.94. The number of halogens is 1. The Balaban J connectivity index is 1.48. The van der Waals surface area contributed by atoms with E-state index in [1.165, 1.54) is 12.1 Å². The van der Waals surface area contributed by atoms with Crippen molar-refractivity contribution in [1.29, 1.82) is 0 Å². The first-order valence-electron chi connectivity index (χ1n) is 8.88. The lowest BCUT2D eigenvalue weighted by Gasteiger charge is -2.25. The second kappa shape index (κ2) is 7.09. The van der Waals surface area contributed by atoms with E-state index in [4.69, 9.17) is 4.42 Å². The number of rotatable bonds is 4. The summed E-state index contributed by atoms with van der Waals surface area (Å²) in [7, 11) is 1.79. The average molecular weight is 368 g/mol. The lowest BCUT2D eigenvalue weighted by Crippen LogP contribution is -2.34. The van der Waals surface area contributed by atoms with Gasteiger partial charge in [0.15, 0.2) is 11.5 Å². The largest absolute Gasteiger partial charge is 0.441 e. The molecule has 2 heterocycles. The van der Waals surface area contributed by atoms with Gasteiger partial charge in [-0.2, -0.15) is 0 Å². The summed E-state index contributed by atoms with van der Waals surface area (Å²) in [5.41, 5.74) is 9.27. The predicted molar refractivity (Wildman–Crippen MR) is 99.5 cm³/mol. The van der Waals surface area contributed by atoms with E-state index < -0.39 is 0 Å². The van der Waals surface area contributed by atoms with Crippen molar-refractivity contribution < 1.29 is 13.6 Å². The summed E-state index contributed by atoms with van der Waals surface area (Å²) in [5.74, 6) is 0.413. The van der Waals surface area contributed by atoms with Crippen molar-refractivity contribution in [3.8, 4) is 0 Å². The van der Waals surface area contributed by atoms with Gasteiger partial charge in [0, 0.05) is 38.5 Å². The van der Waals surface area contributed by atoms with Crippen LogP contribution in [0.25, 0.3) is 11.1 Å². The zero-order valence-corrected chi connectivity index (χ0v) is 15.2. The van der Waals surface area contributed by atoms with Crippen molar-refractivity contribution in [2.45, 2.75) is 13.0 Å². The number of amides is 1. The van der Waals surface area contributed by atoms with Crippen molar-refractivity contribution in [3.63, 3.8) is 0 Å². The Morgan fingerprint density at radius 2 is 2.07 bits per heavy atom. The molecule has 4 rings (SSSR count).